The van der Waals surface area contributed by atoms with Gasteiger partial charge in [0.25, 0.3) is 0 Å². The topological polar surface area (TPSA) is 91.7 Å². The van der Waals surface area contributed by atoms with Crippen LogP contribution in [0.3, 0.4) is 0 Å². The molecule has 0 amide bonds. The summed E-state index contributed by atoms with van der Waals surface area (Å²) >= 11 is 0. The minimum absolute atomic E-state index is 0.0474. The van der Waals surface area contributed by atoms with Crippen molar-refractivity contribution in [3.05, 3.63) is 11.6 Å². The molecule has 3 fully saturated rings. The smallest absolute Gasteiger partial charge is 0.161 e. The zero-order chi connectivity index (χ0) is 25.5. The Morgan fingerprint density at radius 1 is 1.12 bits per heavy atom. The molecule has 0 radical (unpaired) electrons. The van der Waals surface area contributed by atoms with Crippen LogP contribution in [0.1, 0.15) is 99.8 Å². The molecule has 5 nitrogen and oxygen atoms in total. The second kappa shape index (κ2) is 7.83. The zero-order valence-electron chi connectivity index (χ0n) is 22.2. The van der Waals surface area contributed by atoms with E-state index in [1.807, 2.05) is 0 Å². The van der Waals surface area contributed by atoms with Crippen LogP contribution >= 0.6 is 0 Å². The van der Waals surface area contributed by atoms with Crippen LogP contribution in [0, 0.1) is 39.4 Å². The highest BCUT2D eigenvalue weighted by atomic mass is 16.3. The number of carbonyl (C=O) groups excluding carboxylic acids is 3. The van der Waals surface area contributed by atoms with Crippen molar-refractivity contribution in [1.82, 2.24) is 0 Å². The molecule has 4 rings (SSSR count). The Morgan fingerprint density at radius 3 is 2.38 bits per heavy atom. The minimum Gasteiger partial charge on any atom is -0.390 e. The summed E-state index contributed by atoms with van der Waals surface area (Å²) in [6.45, 7) is 14.1. The summed E-state index contributed by atoms with van der Waals surface area (Å²) in [5.41, 5.74) is -1.15. The molecule has 0 heterocycles. The maximum atomic E-state index is 14.1. The Bertz CT molecular complexity index is 939. The molecular formula is C29H44O5. The van der Waals surface area contributed by atoms with Crippen molar-refractivity contribution in [1.29, 1.82) is 0 Å². The first-order chi connectivity index (χ1) is 15.5. The first-order valence-corrected chi connectivity index (χ1v) is 13.2. The lowest BCUT2D eigenvalue weighted by atomic mass is 9.39. The SMILES string of the molecule is CC(C)(O)CCC(=O)C(O)C1CCC2(C)C3CC=C4C(CC(=O)CC4(C)C)C3(C)C(=O)CC12C. The summed E-state index contributed by atoms with van der Waals surface area (Å²) < 4.78 is 0. The first-order valence-electron chi connectivity index (χ1n) is 13.2. The van der Waals surface area contributed by atoms with Crippen molar-refractivity contribution in [2.75, 3.05) is 0 Å². The molecular weight excluding hydrogens is 428 g/mol. The molecule has 4 aliphatic carbocycles. The molecule has 0 bridgehead atoms. The minimum atomic E-state index is -1.11. The number of Topliss-reactive ketones (excluding diaryl/α,β-unsaturated/α-hetero) is 3. The highest BCUT2D eigenvalue weighted by Crippen LogP contribution is 2.73. The Kier molecular flexibility index (Phi) is 5.93. The van der Waals surface area contributed by atoms with Crippen LogP contribution in [0.15, 0.2) is 11.6 Å². The van der Waals surface area contributed by atoms with E-state index in [0.29, 0.717) is 32.1 Å². The van der Waals surface area contributed by atoms with Crippen molar-refractivity contribution in [2.45, 2.75) is 112 Å². The van der Waals surface area contributed by atoms with Crippen molar-refractivity contribution in [3.63, 3.8) is 0 Å². The van der Waals surface area contributed by atoms with Gasteiger partial charge in [-0.15, -0.1) is 0 Å². The molecule has 2 N–H and O–H groups in total. The summed E-state index contributed by atoms with van der Waals surface area (Å²) in [5, 5.41) is 21.2. The number of hydrogen-bond acceptors (Lipinski definition) is 5. The van der Waals surface area contributed by atoms with Gasteiger partial charge in [-0.05, 0) is 73.5 Å². The monoisotopic (exact) mass is 472 g/mol. The van der Waals surface area contributed by atoms with E-state index in [4.69, 9.17) is 0 Å². The number of hydrogen-bond donors (Lipinski definition) is 2. The van der Waals surface area contributed by atoms with Crippen LogP contribution in [-0.4, -0.2) is 39.3 Å². The number of ketones is 3. The van der Waals surface area contributed by atoms with Crippen molar-refractivity contribution in [3.8, 4) is 0 Å². The van der Waals surface area contributed by atoms with E-state index in [-0.39, 0.29) is 52.4 Å². The van der Waals surface area contributed by atoms with Gasteiger partial charge < -0.3 is 10.2 Å². The van der Waals surface area contributed by atoms with Gasteiger partial charge in [0.1, 0.15) is 17.7 Å². The maximum Gasteiger partial charge on any atom is 0.161 e. The average Bonchev–Trinajstić information content (AvgIpc) is 2.96. The van der Waals surface area contributed by atoms with Crippen LogP contribution in [0.2, 0.25) is 0 Å². The molecule has 5 heteroatoms. The number of carbonyl (C=O) groups is 3. The first kappa shape index (κ1) is 25.8. The third-order valence-corrected chi connectivity index (χ3v) is 10.9. The number of aliphatic hydroxyl groups excluding tert-OH is 1. The predicted octanol–water partition coefficient (Wildman–Crippen LogP) is 4.82. The summed E-state index contributed by atoms with van der Waals surface area (Å²) in [4.78, 5) is 39.7. The van der Waals surface area contributed by atoms with Gasteiger partial charge in [0.2, 0.25) is 0 Å². The van der Waals surface area contributed by atoms with E-state index in [1.54, 1.807) is 13.8 Å². The van der Waals surface area contributed by atoms with Gasteiger partial charge in [-0.3, -0.25) is 14.4 Å². The summed E-state index contributed by atoms with van der Waals surface area (Å²) in [6.07, 6.45) is 5.38. The predicted molar refractivity (Wildman–Crippen MR) is 131 cm³/mol. The highest BCUT2D eigenvalue weighted by Gasteiger charge is 2.70. The van der Waals surface area contributed by atoms with Crippen LogP contribution in [-0.2, 0) is 14.4 Å². The molecule has 0 aliphatic heterocycles. The highest BCUT2D eigenvalue weighted by molar-refractivity contribution is 5.91. The fraction of sp³-hybridized carbons (Fsp3) is 0.828. The van der Waals surface area contributed by atoms with Crippen LogP contribution < -0.4 is 0 Å². The number of allylic oxidation sites excluding steroid dienone is 2. The van der Waals surface area contributed by atoms with Crippen molar-refractivity contribution >= 4 is 17.3 Å². The Hall–Kier alpha value is -1.33. The zero-order valence-corrected chi connectivity index (χ0v) is 22.2. The quantitative estimate of drug-likeness (QED) is 0.560. The van der Waals surface area contributed by atoms with Crippen molar-refractivity contribution in [2.24, 2.45) is 39.4 Å². The standard InChI is InChI=1S/C29H44O5/c1-25(2)15-17(30)14-20-18(25)8-9-22-27(5)13-10-19(24(33)21(31)11-12-26(3,4)34)28(27,6)16-23(32)29(20,22)7/h8,19-20,22,24,33-34H,9-16H2,1-7H3. The van der Waals surface area contributed by atoms with E-state index in [0.717, 1.165) is 12.8 Å². The van der Waals surface area contributed by atoms with Gasteiger partial charge in [-0.1, -0.05) is 46.3 Å². The summed E-state index contributed by atoms with van der Waals surface area (Å²) in [6, 6.07) is 0. The van der Waals surface area contributed by atoms with Gasteiger partial charge >= 0.3 is 0 Å². The fourth-order valence-electron chi connectivity index (χ4n) is 8.69. The van der Waals surface area contributed by atoms with Crippen LogP contribution in [0.5, 0.6) is 0 Å². The van der Waals surface area contributed by atoms with E-state index in [9.17, 15) is 24.6 Å². The van der Waals surface area contributed by atoms with Gasteiger partial charge in [0, 0.05) is 31.1 Å². The van der Waals surface area contributed by atoms with Gasteiger partial charge in [0.05, 0.1) is 5.60 Å². The summed E-state index contributed by atoms with van der Waals surface area (Å²) in [5.74, 6) is -0.0165. The molecule has 0 aromatic rings. The lowest BCUT2D eigenvalue weighted by Gasteiger charge is -2.64. The van der Waals surface area contributed by atoms with Crippen molar-refractivity contribution < 1.29 is 24.6 Å². The lowest BCUT2D eigenvalue weighted by molar-refractivity contribution is -0.174. The molecule has 0 aromatic carbocycles. The molecule has 34 heavy (non-hydrogen) atoms. The maximum absolute atomic E-state index is 14.1. The van der Waals surface area contributed by atoms with Crippen LogP contribution in [0.4, 0.5) is 0 Å². The molecule has 190 valence electrons. The molecule has 0 aromatic heterocycles. The van der Waals surface area contributed by atoms with Gasteiger partial charge in [-0.25, -0.2) is 0 Å². The molecule has 7 unspecified atom stereocenters. The average molecular weight is 473 g/mol. The molecule has 3 saturated carbocycles. The Balaban J connectivity index is 1.68. The fourth-order valence-corrected chi connectivity index (χ4v) is 8.69. The Labute approximate surface area is 204 Å². The normalized spacial score (nSPS) is 42.4. The second-order valence-corrected chi connectivity index (χ2v) is 13.9. The number of aliphatic hydroxyl groups is 2. The van der Waals surface area contributed by atoms with E-state index in [2.05, 4.69) is 40.7 Å². The third-order valence-electron chi connectivity index (χ3n) is 10.9. The van der Waals surface area contributed by atoms with E-state index >= 15 is 0 Å². The van der Waals surface area contributed by atoms with Crippen LogP contribution in [0.25, 0.3) is 0 Å². The van der Waals surface area contributed by atoms with E-state index in [1.165, 1.54) is 5.57 Å². The van der Waals surface area contributed by atoms with Gasteiger partial charge in [-0.2, -0.15) is 0 Å². The second-order valence-electron chi connectivity index (χ2n) is 13.9. The Morgan fingerprint density at radius 2 is 1.76 bits per heavy atom. The molecule has 4 aliphatic rings. The third kappa shape index (κ3) is 3.59. The molecule has 0 spiro atoms. The summed E-state index contributed by atoms with van der Waals surface area (Å²) in [7, 11) is 0. The van der Waals surface area contributed by atoms with E-state index < -0.39 is 22.5 Å². The number of rotatable bonds is 5. The largest absolute Gasteiger partial charge is 0.390 e. The lowest BCUT2D eigenvalue weighted by Crippen LogP contribution is -2.63. The molecule has 7 atom stereocenters. The number of fused-ring (bicyclic) bond motifs is 5. The molecule has 0 saturated heterocycles. The van der Waals surface area contributed by atoms with Gasteiger partial charge in [0.15, 0.2) is 5.78 Å².